The summed E-state index contributed by atoms with van der Waals surface area (Å²) >= 11 is 6.09. The second-order valence-electron chi connectivity index (χ2n) is 6.23. The van der Waals surface area contributed by atoms with E-state index in [1.807, 2.05) is 11.9 Å². The van der Waals surface area contributed by atoms with Crippen molar-refractivity contribution in [2.45, 2.75) is 19.4 Å². The maximum absolute atomic E-state index is 14.0. The smallest absolute Gasteiger partial charge is 0.193 e. The lowest BCUT2D eigenvalue weighted by molar-refractivity contribution is -0.0134. The molecule has 1 aromatic carbocycles. The van der Waals surface area contributed by atoms with Crippen LogP contribution in [-0.4, -0.2) is 56.4 Å². The number of nitrogens with one attached hydrogen (secondary N) is 1. The zero-order chi connectivity index (χ0) is 17.6. The maximum atomic E-state index is 14.0. The van der Waals surface area contributed by atoms with E-state index in [0.29, 0.717) is 42.8 Å². The Bertz CT molecular complexity index is 563. The zero-order valence-corrected chi connectivity index (χ0v) is 17.7. The summed E-state index contributed by atoms with van der Waals surface area (Å²) in [5, 5.41) is 13.4. The molecule has 0 aliphatic carbocycles. The highest BCUT2D eigenvalue weighted by atomic mass is 127. The number of aliphatic imine (C=N–C) groups is 1. The fourth-order valence-electron chi connectivity index (χ4n) is 2.84. The van der Waals surface area contributed by atoms with E-state index in [9.17, 15) is 9.50 Å². The molecule has 0 unspecified atom stereocenters. The first-order chi connectivity index (χ1) is 11.5. The van der Waals surface area contributed by atoms with Crippen molar-refractivity contribution in [1.82, 2.24) is 10.2 Å². The average molecular weight is 486 g/mol. The van der Waals surface area contributed by atoms with Crippen LogP contribution in [0, 0.1) is 11.2 Å². The first-order valence-corrected chi connectivity index (χ1v) is 8.42. The fraction of sp³-hybridized carbons (Fsp3) is 0.588. The highest BCUT2D eigenvalue weighted by Gasteiger charge is 2.32. The van der Waals surface area contributed by atoms with Crippen molar-refractivity contribution in [3.05, 3.63) is 34.6 Å². The first kappa shape index (κ1) is 22.4. The van der Waals surface area contributed by atoms with Gasteiger partial charge in [0.2, 0.25) is 0 Å². The molecule has 1 fully saturated rings. The van der Waals surface area contributed by atoms with Gasteiger partial charge in [0.1, 0.15) is 5.82 Å². The molecule has 0 radical (unpaired) electrons. The number of benzene rings is 1. The molecule has 0 bridgehead atoms. The van der Waals surface area contributed by atoms with Crippen LogP contribution in [0.5, 0.6) is 0 Å². The van der Waals surface area contributed by atoms with Gasteiger partial charge in [-0.15, -0.1) is 24.0 Å². The predicted molar refractivity (Wildman–Crippen MR) is 109 cm³/mol. The number of rotatable bonds is 5. The number of hydrogen-bond acceptors (Lipinski definition) is 3. The van der Waals surface area contributed by atoms with Crippen molar-refractivity contribution in [1.29, 1.82) is 0 Å². The molecule has 25 heavy (non-hydrogen) atoms. The Kier molecular flexibility index (Phi) is 9.40. The Morgan fingerprint density at radius 2 is 2.12 bits per heavy atom. The lowest BCUT2D eigenvalue weighted by Gasteiger charge is -2.36. The van der Waals surface area contributed by atoms with Gasteiger partial charge in [-0.2, -0.15) is 0 Å². The van der Waals surface area contributed by atoms with Crippen LogP contribution in [0.15, 0.2) is 23.2 Å². The molecule has 0 aromatic heterocycles. The minimum Gasteiger partial charge on any atom is -0.396 e. The van der Waals surface area contributed by atoms with Crippen molar-refractivity contribution in [2.24, 2.45) is 10.4 Å². The molecule has 0 amide bonds. The molecule has 0 saturated carbocycles. The molecule has 1 aliphatic heterocycles. The lowest BCUT2D eigenvalue weighted by Crippen LogP contribution is -2.47. The van der Waals surface area contributed by atoms with Gasteiger partial charge in [0.25, 0.3) is 0 Å². The summed E-state index contributed by atoms with van der Waals surface area (Å²) in [7, 11) is 3.51. The zero-order valence-electron chi connectivity index (χ0n) is 14.6. The minimum absolute atomic E-state index is 0. The number of guanidine groups is 1. The SMILES string of the molecule is CN=C(NCC1(CO)CCOCC1)N(C)Cc1c(F)cccc1Cl.I. The van der Waals surface area contributed by atoms with E-state index in [0.717, 1.165) is 12.8 Å². The van der Waals surface area contributed by atoms with E-state index in [4.69, 9.17) is 16.3 Å². The Hall–Kier alpha value is -0.640. The van der Waals surface area contributed by atoms with E-state index in [1.54, 1.807) is 19.2 Å². The highest BCUT2D eigenvalue weighted by Crippen LogP contribution is 2.29. The summed E-state index contributed by atoms with van der Waals surface area (Å²) in [6.07, 6.45) is 1.60. The Morgan fingerprint density at radius 3 is 2.68 bits per heavy atom. The van der Waals surface area contributed by atoms with Crippen LogP contribution in [0.25, 0.3) is 0 Å². The van der Waals surface area contributed by atoms with Gasteiger partial charge in [-0.1, -0.05) is 17.7 Å². The number of halogens is 3. The molecule has 1 aromatic rings. The number of aliphatic hydroxyl groups excluding tert-OH is 1. The molecule has 1 heterocycles. The maximum Gasteiger partial charge on any atom is 0.193 e. The largest absolute Gasteiger partial charge is 0.396 e. The van der Waals surface area contributed by atoms with Crippen LogP contribution < -0.4 is 5.32 Å². The third-order valence-electron chi connectivity index (χ3n) is 4.54. The lowest BCUT2D eigenvalue weighted by atomic mass is 9.81. The van der Waals surface area contributed by atoms with Gasteiger partial charge in [0.15, 0.2) is 5.96 Å². The Morgan fingerprint density at radius 1 is 1.44 bits per heavy atom. The second-order valence-corrected chi connectivity index (χ2v) is 6.63. The molecule has 2 rings (SSSR count). The van der Waals surface area contributed by atoms with Crippen molar-refractivity contribution < 1.29 is 14.2 Å². The van der Waals surface area contributed by atoms with Crippen LogP contribution >= 0.6 is 35.6 Å². The summed E-state index contributed by atoms with van der Waals surface area (Å²) in [5.74, 6) is 0.301. The van der Waals surface area contributed by atoms with Gasteiger partial charge in [0, 0.05) is 56.4 Å². The summed E-state index contributed by atoms with van der Waals surface area (Å²) < 4.78 is 19.3. The Labute approximate surface area is 170 Å². The standard InChI is InChI=1S/C17H25ClFN3O2.HI/c1-20-16(21-11-17(12-23)6-8-24-9-7-17)22(2)10-13-14(18)4-3-5-15(13)19;/h3-5,23H,6-12H2,1-2H3,(H,20,21);1H. The number of ether oxygens (including phenoxy) is 1. The molecule has 1 saturated heterocycles. The van der Waals surface area contributed by atoms with Gasteiger partial charge >= 0.3 is 0 Å². The molecule has 0 atom stereocenters. The molecular formula is C17H26ClFIN3O2. The fourth-order valence-corrected chi connectivity index (χ4v) is 3.06. The summed E-state index contributed by atoms with van der Waals surface area (Å²) in [4.78, 5) is 6.06. The molecule has 1 aliphatic rings. The van der Waals surface area contributed by atoms with Crippen LogP contribution in [0.2, 0.25) is 5.02 Å². The second kappa shape index (κ2) is 10.5. The Balaban J connectivity index is 0.00000312. The number of aliphatic hydroxyl groups is 1. The van der Waals surface area contributed by atoms with E-state index >= 15 is 0 Å². The van der Waals surface area contributed by atoms with E-state index in [-0.39, 0.29) is 41.8 Å². The normalized spacial score (nSPS) is 16.9. The quantitative estimate of drug-likeness (QED) is 0.383. The van der Waals surface area contributed by atoms with E-state index < -0.39 is 0 Å². The number of nitrogens with zero attached hydrogens (tertiary/aromatic N) is 2. The third-order valence-corrected chi connectivity index (χ3v) is 4.89. The van der Waals surface area contributed by atoms with Crippen molar-refractivity contribution in [3.63, 3.8) is 0 Å². The summed E-state index contributed by atoms with van der Waals surface area (Å²) in [6.45, 7) is 2.31. The monoisotopic (exact) mass is 485 g/mol. The van der Waals surface area contributed by atoms with Gasteiger partial charge in [-0.3, -0.25) is 4.99 Å². The molecule has 2 N–H and O–H groups in total. The predicted octanol–water partition coefficient (Wildman–Crippen LogP) is 2.89. The molecule has 8 heteroatoms. The minimum atomic E-state index is -0.332. The third kappa shape index (κ3) is 5.94. The van der Waals surface area contributed by atoms with E-state index in [1.165, 1.54) is 6.07 Å². The topological polar surface area (TPSA) is 57.1 Å². The molecular weight excluding hydrogens is 460 g/mol. The number of hydrogen-bond donors (Lipinski definition) is 2. The first-order valence-electron chi connectivity index (χ1n) is 8.04. The van der Waals surface area contributed by atoms with Crippen LogP contribution in [0.3, 0.4) is 0 Å². The molecule has 5 nitrogen and oxygen atoms in total. The highest BCUT2D eigenvalue weighted by molar-refractivity contribution is 14.0. The van der Waals surface area contributed by atoms with Crippen molar-refractivity contribution in [2.75, 3.05) is 40.5 Å². The van der Waals surface area contributed by atoms with E-state index in [2.05, 4.69) is 10.3 Å². The van der Waals surface area contributed by atoms with Gasteiger partial charge in [-0.25, -0.2) is 4.39 Å². The van der Waals surface area contributed by atoms with Crippen molar-refractivity contribution >= 4 is 41.5 Å². The van der Waals surface area contributed by atoms with Crippen LogP contribution in [-0.2, 0) is 11.3 Å². The van der Waals surface area contributed by atoms with Gasteiger partial charge in [-0.05, 0) is 25.0 Å². The summed E-state index contributed by atoms with van der Waals surface area (Å²) in [6, 6.07) is 4.66. The van der Waals surface area contributed by atoms with Crippen molar-refractivity contribution in [3.8, 4) is 0 Å². The molecule has 0 spiro atoms. The van der Waals surface area contributed by atoms with Gasteiger partial charge < -0.3 is 20.1 Å². The van der Waals surface area contributed by atoms with Gasteiger partial charge in [0.05, 0.1) is 6.61 Å². The van der Waals surface area contributed by atoms with Crippen LogP contribution in [0.1, 0.15) is 18.4 Å². The average Bonchev–Trinajstić information content (AvgIpc) is 2.59. The van der Waals surface area contributed by atoms with Crippen LogP contribution in [0.4, 0.5) is 4.39 Å². The summed E-state index contributed by atoms with van der Waals surface area (Å²) in [5.41, 5.74) is 0.234. The molecule has 142 valence electrons.